The van der Waals surface area contributed by atoms with Crippen molar-refractivity contribution in [2.45, 2.75) is 37.9 Å². The molecule has 1 unspecified atom stereocenters. The molecule has 2 aromatic rings. The van der Waals surface area contributed by atoms with E-state index in [0.29, 0.717) is 24.3 Å². The summed E-state index contributed by atoms with van der Waals surface area (Å²) in [6, 6.07) is 4.58. The molecular weight excluding hydrogens is 508 g/mol. The Kier molecular flexibility index (Phi) is 7.64. The number of thiazole rings is 1. The number of aromatic nitrogens is 2. The minimum atomic E-state index is -1.20. The number of nitrogens with zero attached hydrogens (tertiary/aromatic N) is 4. The molecule has 2 aromatic heterocycles. The molecule has 188 valence electrons. The normalized spacial score (nSPS) is 19.5. The maximum absolute atomic E-state index is 13.1. The van der Waals surface area contributed by atoms with E-state index in [1.165, 1.54) is 22.0 Å². The van der Waals surface area contributed by atoms with E-state index in [9.17, 15) is 24.3 Å². The Morgan fingerprint density at radius 2 is 2.11 bits per heavy atom. The number of rotatable bonds is 10. The van der Waals surface area contributed by atoms with E-state index in [4.69, 9.17) is 4.84 Å². The van der Waals surface area contributed by atoms with Gasteiger partial charge in [-0.25, -0.2) is 14.3 Å². The minimum Gasteiger partial charge on any atom is -0.477 e. The Hall–Kier alpha value is -3.78. The SMILES string of the molecule is CC(C)ON=C(C(=O)NC1C(=O)N2C(C(=O)O)=C(C[n+]3ccccc3)CS[C@H]12)c1csc(NC=O)n1. The molecule has 0 radical (unpaired) electrons. The molecule has 0 aliphatic carbocycles. The number of carbonyl (C=O) groups is 4. The monoisotopic (exact) mass is 531 g/mol. The van der Waals surface area contributed by atoms with Crippen LogP contribution >= 0.6 is 23.1 Å². The van der Waals surface area contributed by atoms with Crippen LogP contribution in [0.1, 0.15) is 19.5 Å². The van der Waals surface area contributed by atoms with E-state index in [1.807, 2.05) is 35.2 Å². The third-order valence-corrected chi connectivity index (χ3v) is 7.30. The molecule has 4 rings (SSSR count). The maximum atomic E-state index is 13.1. The molecule has 14 heteroatoms. The summed E-state index contributed by atoms with van der Waals surface area (Å²) in [5.74, 6) is -2.05. The second kappa shape index (κ2) is 10.9. The lowest BCUT2D eigenvalue weighted by molar-refractivity contribution is -0.689. The van der Waals surface area contributed by atoms with Crippen LogP contribution in [0.4, 0.5) is 5.13 Å². The van der Waals surface area contributed by atoms with Crippen molar-refractivity contribution in [2.75, 3.05) is 11.1 Å². The molecule has 2 atom stereocenters. The summed E-state index contributed by atoms with van der Waals surface area (Å²) >= 11 is 2.47. The predicted molar refractivity (Wildman–Crippen MR) is 131 cm³/mol. The highest BCUT2D eigenvalue weighted by atomic mass is 32.2. The summed E-state index contributed by atoms with van der Waals surface area (Å²) in [4.78, 5) is 59.5. The lowest BCUT2D eigenvalue weighted by Gasteiger charge is -2.49. The Morgan fingerprint density at radius 1 is 1.36 bits per heavy atom. The van der Waals surface area contributed by atoms with Gasteiger partial charge in [0, 0.05) is 28.8 Å². The molecule has 0 bridgehead atoms. The fourth-order valence-corrected chi connectivity index (χ4v) is 5.63. The van der Waals surface area contributed by atoms with Gasteiger partial charge in [-0.1, -0.05) is 11.2 Å². The Labute approximate surface area is 214 Å². The number of fused-ring (bicyclic) bond motifs is 1. The van der Waals surface area contributed by atoms with E-state index in [2.05, 4.69) is 20.8 Å². The van der Waals surface area contributed by atoms with Crippen molar-refractivity contribution in [3.05, 3.63) is 52.9 Å². The molecule has 12 nitrogen and oxygen atoms in total. The molecule has 0 aromatic carbocycles. The van der Waals surface area contributed by atoms with Gasteiger partial charge in [0.1, 0.15) is 28.9 Å². The zero-order valence-electron chi connectivity index (χ0n) is 19.3. The first-order valence-corrected chi connectivity index (χ1v) is 12.8. The topological polar surface area (TPSA) is 154 Å². The van der Waals surface area contributed by atoms with Gasteiger partial charge in [0.05, 0.1) is 0 Å². The summed E-state index contributed by atoms with van der Waals surface area (Å²) in [7, 11) is 0. The third-order valence-electron chi connectivity index (χ3n) is 5.19. The average molecular weight is 532 g/mol. The van der Waals surface area contributed by atoms with Crippen molar-refractivity contribution in [1.82, 2.24) is 15.2 Å². The summed E-state index contributed by atoms with van der Waals surface area (Å²) in [6.45, 7) is 3.79. The largest absolute Gasteiger partial charge is 0.477 e. The number of hydrogen-bond donors (Lipinski definition) is 3. The fraction of sp³-hybridized carbons (Fsp3) is 0.318. The lowest BCUT2D eigenvalue weighted by atomic mass is 10.0. The Bertz CT molecular complexity index is 1240. The van der Waals surface area contributed by atoms with Gasteiger partial charge in [-0.2, -0.15) is 0 Å². The van der Waals surface area contributed by atoms with Crippen molar-refractivity contribution in [3.63, 3.8) is 0 Å². The van der Waals surface area contributed by atoms with Crippen LogP contribution in [0.5, 0.6) is 0 Å². The van der Waals surface area contributed by atoms with Crippen molar-refractivity contribution < 1.29 is 33.7 Å². The van der Waals surface area contributed by atoms with Gasteiger partial charge in [0.15, 0.2) is 29.8 Å². The number of anilines is 1. The fourth-order valence-electron chi connectivity index (χ4n) is 3.64. The number of oxime groups is 1. The molecular formula is C22H23N6O6S2+. The molecule has 3 N–H and O–H groups in total. The second-order valence-electron chi connectivity index (χ2n) is 8.06. The molecule has 0 saturated carbocycles. The maximum Gasteiger partial charge on any atom is 0.352 e. The number of pyridine rings is 1. The molecule has 3 amide bonds. The van der Waals surface area contributed by atoms with E-state index < -0.39 is 29.2 Å². The van der Waals surface area contributed by atoms with Crippen LogP contribution in [0.15, 0.2) is 52.4 Å². The van der Waals surface area contributed by atoms with Gasteiger partial charge in [0.2, 0.25) is 6.41 Å². The van der Waals surface area contributed by atoms with Crippen molar-refractivity contribution in [3.8, 4) is 0 Å². The zero-order valence-corrected chi connectivity index (χ0v) is 20.9. The van der Waals surface area contributed by atoms with E-state index in [1.54, 1.807) is 13.8 Å². The van der Waals surface area contributed by atoms with Crippen LogP contribution in [0.25, 0.3) is 0 Å². The van der Waals surface area contributed by atoms with E-state index in [-0.39, 0.29) is 28.3 Å². The molecule has 1 saturated heterocycles. The first kappa shape index (κ1) is 25.3. The number of β-lactam (4-membered cyclic amide) rings is 1. The lowest BCUT2D eigenvalue weighted by Crippen LogP contribution is -2.71. The van der Waals surface area contributed by atoms with Gasteiger partial charge in [-0.15, -0.1) is 23.1 Å². The molecule has 2 aliphatic rings. The number of amides is 3. The quantitative estimate of drug-likeness (QED) is 0.132. The van der Waals surface area contributed by atoms with Crippen molar-refractivity contribution >= 4 is 58.1 Å². The molecule has 4 heterocycles. The molecule has 2 aliphatic heterocycles. The summed E-state index contributed by atoms with van der Waals surface area (Å²) < 4.78 is 1.84. The number of hydrogen-bond acceptors (Lipinski definition) is 9. The molecule has 1 fully saturated rings. The number of aliphatic carboxylic acids is 1. The Balaban J connectivity index is 1.53. The number of carboxylic acid groups (broad SMARTS) is 1. The summed E-state index contributed by atoms with van der Waals surface area (Å²) in [5.41, 5.74) is 0.534. The highest BCUT2D eigenvalue weighted by Gasteiger charge is 2.54. The number of carboxylic acids is 1. The zero-order chi connectivity index (χ0) is 25.8. The third kappa shape index (κ3) is 5.23. The smallest absolute Gasteiger partial charge is 0.352 e. The van der Waals surface area contributed by atoms with Crippen LogP contribution in [0, 0.1) is 0 Å². The Morgan fingerprint density at radius 3 is 2.78 bits per heavy atom. The number of thioether (sulfide) groups is 1. The van der Waals surface area contributed by atoms with E-state index >= 15 is 0 Å². The van der Waals surface area contributed by atoms with Crippen LogP contribution in [-0.2, 0) is 30.6 Å². The van der Waals surface area contributed by atoms with E-state index in [0.717, 1.165) is 11.3 Å². The van der Waals surface area contributed by atoms with Crippen LogP contribution < -0.4 is 15.2 Å². The van der Waals surface area contributed by atoms with Gasteiger partial charge in [-0.3, -0.25) is 19.3 Å². The second-order valence-corrected chi connectivity index (χ2v) is 10.0. The average Bonchev–Trinajstić information content (AvgIpc) is 3.31. The van der Waals surface area contributed by atoms with Gasteiger partial charge >= 0.3 is 5.97 Å². The predicted octanol–water partition coefficient (Wildman–Crippen LogP) is 0.567. The van der Waals surface area contributed by atoms with Gasteiger partial charge in [-0.05, 0) is 13.8 Å². The standard InChI is InChI=1S/C22H22N6O6S2/c1-12(2)34-26-15(14-10-36-22(24-14)23-11-29)18(30)25-16-19(31)28-17(21(32)33)13(9-35-20(16)28)8-27-6-4-3-5-7-27/h3-7,10-12,16,20H,8-9H2,1-2H3,(H2-,23,24,25,29,30,32,33)/p+1/t16?,20-/m1/s1. The van der Waals surface area contributed by atoms with Crippen LogP contribution in [0.3, 0.4) is 0 Å². The van der Waals surface area contributed by atoms with Crippen molar-refractivity contribution in [1.29, 1.82) is 0 Å². The van der Waals surface area contributed by atoms with Crippen LogP contribution in [-0.4, -0.2) is 68.2 Å². The highest BCUT2D eigenvalue weighted by Crippen LogP contribution is 2.40. The molecule has 36 heavy (non-hydrogen) atoms. The number of nitrogens with one attached hydrogen (secondary N) is 2. The molecule has 0 spiro atoms. The highest BCUT2D eigenvalue weighted by molar-refractivity contribution is 8.00. The summed E-state index contributed by atoms with van der Waals surface area (Å²) in [6.07, 6.45) is 3.78. The minimum absolute atomic E-state index is 0.0632. The van der Waals surface area contributed by atoms with Gasteiger partial charge in [0.25, 0.3) is 11.8 Å². The van der Waals surface area contributed by atoms with Crippen molar-refractivity contribution in [2.24, 2.45) is 5.16 Å². The first-order chi connectivity index (χ1) is 17.3. The van der Waals surface area contributed by atoms with Crippen LogP contribution in [0.2, 0.25) is 0 Å². The number of carbonyl (C=O) groups excluding carboxylic acids is 3. The first-order valence-electron chi connectivity index (χ1n) is 10.8. The van der Waals surface area contributed by atoms with Gasteiger partial charge < -0.3 is 20.6 Å². The summed E-state index contributed by atoms with van der Waals surface area (Å²) in [5, 5.41) is 20.0.